The minimum atomic E-state index is -0.251. The first-order valence-electron chi connectivity index (χ1n) is 9.78. The highest BCUT2D eigenvalue weighted by molar-refractivity contribution is 6.30. The average molecular weight is 411 g/mol. The first kappa shape index (κ1) is 18.4. The molecule has 1 aromatic heterocycles. The summed E-state index contributed by atoms with van der Waals surface area (Å²) in [6.45, 7) is 2.35. The van der Waals surface area contributed by atoms with Crippen LogP contribution in [0.4, 0.5) is 0 Å². The van der Waals surface area contributed by atoms with Crippen molar-refractivity contribution in [2.75, 3.05) is 20.8 Å². The Kier molecular flexibility index (Phi) is 4.07. The second-order valence-electron chi connectivity index (χ2n) is 8.04. The number of ether oxygens (including phenoxy) is 2. The van der Waals surface area contributed by atoms with Gasteiger partial charge in [-0.1, -0.05) is 17.7 Å². The fraction of sp³-hybridized carbons (Fsp3) is 0.348. The number of aromatic amines is 1. The number of carbonyl (C=O) groups excluding carboxylic acids is 1. The number of carbonyl (C=O) groups is 1. The third kappa shape index (κ3) is 2.71. The van der Waals surface area contributed by atoms with E-state index in [-0.39, 0.29) is 17.4 Å². The number of benzene rings is 2. The van der Waals surface area contributed by atoms with E-state index in [0.717, 1.165) is 35.4 Å². The minimum Gasteiger partial charge on any atom is -0.497 e. The molecule has 1 aliphatic carbocycles. The monoisotopic (exact) mass is 410 g/mol. The van der Waals surface area contributed by atoms with Crippen molar-refractivity contribution in [2.45, 2.75) is 31.2 Å². The van der Waals surface area contributed by atoms with Crippen LogP contribution in [0.25, 0.3) is 10.9 Å². The van der Waals surface area contributed by atoms with Crippen molar-refractivity contribution in [3.05, 3.63) is 58.2 Å². The molecule has 1 spiro atoms. The molecule has 0 radical (unpaired) electrons. The van der Waals surface area contributed by atoms with Gasteiger partial charge in [0.15, 0.2) is 0 Å². The Morgan fingerprint density at radius 2 is 1.97 bits per heavy atom. The number of methoxy groups -OCH3 is 2. The van der Waals surface area contributed by atoms with Crippen LogP contribution in [0.2, 0.25) is 5.02 Å². The molecule has 2 aromatic carbocycles. The molecule has 5 rings (SSSR count). The van der Waals surface area contributed by atoms with E-state index in [1.165, 1.54) is 10.9 Å². The molecule has 29 heavy (non-hydrogen) atoms. The lowest BCUT2D eigenvalue weighted by atomic mass is 9.83. The zero-order valence-corrected chi connectivity index (χ0v) is 17.5. The van der Waals surface area contributed by atoms with Crippen molar-refractivity contribution >= 4 is 28.4 Å². The normalized spacial score (nSPS) is 19.3. The average Bonchev–Trinajstić information content (AvgIpc) is 3.37. The fourth-order valence-electron chi connectivity index (χ4n) is 4.83. The van der Waals surface area contributed by atoms with Crippen LogP contribution in [0.1, 0.15) is 42.6 Å². The summed E-state index contributed by atoms with van der Waals surface area (Å²) in [5.41, 5.74) is 4.38. The summed E-state index contributed by atoms with van der Waals surface area (Å²) < 4.78 is 11.1. The second kappa shape index (κ2) is 6.42. The van der Waals surface area contributed by atoms with Crippen LogP contribution in [0.3, 0.4) is 0 Å². The van der Waals surface area contributed by atoms with Gasteiger partial charge in [-0.2, -0.15) is 0 Å². The van der Waals surface area contributed by atoms with Crippen LogP contribution >= 0.6 is 11.6 Å². The fourth-order valence-corrected chi connectivity index (χ4v) is 5.00. The molecule has 0 bridgehead atoms. The summed E-state index contributed by atoms with van der Waals surface area (Å²) in [5, 5.41) is 1.79. The Bertz CT molecular complexity index is 1130. The number of fused-ring (bicyclic) bond motifs is 4. The van der Waals surface area contributed by atoms with E-state index in [2.05, 4.69) is 17.1 Å². The van der Waals surface area contributed by atoms with Crippen molar-refractivity contribution in [2.24, 2.45) is 0 Å². The summed E-state index contributed by atoms with van der Waals surface area (Å²) in [5.74, 6) is 1.58. The number of amides is 1. The standard InChI is InChI=1S/C23H23ClN2O3/c1-13(27)26-12-23(8-9-23)20-17-11-15(28-2)5-7-18(17)25-21(20)22(26)16-6-4-14(24)10-19(16)29-3/h4-7,10-11,22,25H,8-9,12H2,1-3H3. The van der Waals surface area contributed by atoms with Gasteiger partial charge >= 0.3 is 0 Å². The molecule has 2 heterocycles. The molecule has 1 N–H and O–H groups in total. The topological polar surface area (TPSA) is 54.6 Å². The maximum atomic E-state index is 12.7. The lowest BCUT2D eigenvalue weighted by Crippen LogP contribution is -2.44. The minimum absolute atomic E-state index is 0.0157. The van der Waals surface area contributed by atoms with E-state index in [1.807, 2.05) is 29.2 Å². The lowest BCUT2D eigenvalue weighted by molar-refractivity contribution is -0.131. The number of hydrogen-bond donors (Lipinski definition) is 1. The first-order chi connectivity index (χ1) is 14.0. The molecule has 1 unspecified atom stereocenters. The summed E-state index contributed by atoms with van der Waals surface area (Å²) in [6.07, 6.45) is 2.16. The van der Waals surface area contributed by atoms with Gasteiger partial charge in [-0.15, -0.1) is 0 Å². The smallest absolute Gasteiger partial charge is 0.220 e. The van der Waals surface area contributed by atoms with Crippen molar-refractivity contribution < 1.29 is 14.3 Å². The summed E-state index contributed by atoms with van der Waals surface area (Å²) in [4.78, 5) is 18.3. The SMILES string of the molecule is COc1ccc2[nH]c3c(c2c1)C1(CC1)CN(C(C)=O)C3c1ccc(Cl)cc1OC. The van der Waals surface area contributed by atoms with Gasteiger partial charge in [0.2, 0.25) is 5.91 Å². The van der Waals surface area contributed by atoms with Crippen molar-refractivity contribution in [3.63, 3.8) is 0 Å². The molecule has 1 aliphatic heterocycles. The molecule has 5 nitrogen and oxygen atoms in total. The van der Waals surface area contributed by atoms with Crippen LogP contribution in [-0.4, -0.2) is 36.6 Å². The zero-order valence-electron chi connectivity index (χ0n) is 16.7. The van der Waals surface area contributed by atoms with Gasteiger partial charge in [-0.3, -0.25) is 4.79 Å². The van der Waals surface area contributed by atoms with Crippen LogP contribution in [-0.2, 0) is 10.2 Å². The molecule has 3 aromatic rings. The maximum Gasteiger partial charge on any atom is 0.220 e. The largest absolute Gasteiger partial charge is 0.497 e. The van der Waals surface area contributed by atoms with E-state index in [1.54, 1.807) is 21.1 Å². The number of nitrogens with one attached hydrogen (secondary N) is 1. The highest BCUT2D eigenvalue weighted by Crippen LogP contribution is 2.58. The molecule has 2 aliphatic rings. The third-order valence-electron chi connectivity index (χ3n) is 6.37. The first-order valence-corrected chi connectivity index (χ1v) is 10.2. The van der Waals surface area contributed by atoms with E-state index >= 15 is 0 Å². The summed E-state index contributed by atoms with van der Waals surface area (Å²) in [7, 11) is 3.32. The predicted octanol–water partition coefficient (Wildman–Crippen LogP) is 4.82. The second-order valence-corrected chi connectivity index (χ2v) is 8.48. The number of hydrogen-bond acceptors (Lipinski definition) is 3. The maximum absolute atomic E-state index is 12.7. The van der Waals surface area contributed by atoms with Crippen molar-refractivity contribution in [1.82, 2.24) is 9.88 Å². The quantitative estimate of drug-likeness (QED) is 0.673. The van der Waals surface area contributed by atoms with Crippen LogP contribution < -0.4 is 9.47 Å². The van der Waals surface area contributed by atoms with E-state index < -0.39 is 0 Å². The number of nitrogens with zero attached hydrogens (tertiary/aromatic N) is 1. The Labute approximate surface area is 174 Å². The molecular weight excluding hydrogens is 388 g/mol. The molecule has 150 valence electrons. The van der Waals surface area contributed by atoms with E-state index in [4.69, 9.17) is 21.1 Å². The molecule has 1 fully saturated rings. The molecular formula is C23H23ClN2O3. The Morgan fingerprint density at radius 1 is 1.17 bits per heavy atom. The summed E-state index contributed by atoms with van der Waals surface area (Å²) >= 11 is 6.20. The van der Waals surface area contributed by atoms with E-state index in [0.29, 0.717) is 17.3 Å². The van der Waals surface area contributed by atoms with Crippen LogP contribution in [0, 0.1) is 0 Å². The number of rotatable bonds is 3. The Morgan fingerprint density at radius 3 is 2.62 bits per heavy atom. The highest BCUT2D eigenvalue weighted by Gasteiger charge is 2.54. The van der Waals surface area contributed by atoms with Gasteiger partial charge in [-0.05, 0) is 48.7 Å². The molecule has 1 atom stereocenters. The third-order valence-corrected chi connectivity index (χ3v) is 6.61. The predicted molar refractivity (Wildman–Crippen MR) is 113 cm³/mol. The Hall–Kier alpha value is -2.66. The van der Waals surface area contributed by atoms with Crippen molar-refractivity contribution in [1.29, 1.82) is 0 Å². The zero-order chi connectivity index (χ0) is 20.3. The highest BCUT2D eigenvalue weighted by atomic mass is 35.5. The van der Waals surface area contributed by atoms with E-state index in [9.17, 15) is 4.79 Å². The number of halogens is 1. The molecule has 0 saturated heterocycles. The van der Waals surface area contributed by atoms with Gasteiger partial charge < -0.3 is 19.4 Å². The van der Waals surface area contributed by atoms with Gasteiger partial charge in [0.25, 0.3) is 0 Å². The molecule has 1 amide bonds. The van der Waals surface area contributed by atoms with Gasteiger partial charge in [0, 0.05) is 46.1 Å². The van der Waals surface area contributed by atoms with Gasteiger partial charge in [-0.25, -0.2) is 0 Å². The Balaban J connectivity index is 1.80. The van der Waals surface area contributed by atoms with Gasteiger partial charge in [0.1, 0.15) is 17.5 Å². The van der Waals surface area contributed by atoms with Crippen LogP contribution in [0.5, 0.6) is 11.5 Å². The van der Waals surface area contributed by atoms with Crippen molar-refractivity contribution in [3.8, 4) is 11.5 Å². The van der Waals surface area contributed by atoms with Crippen LogP contribution in [0.15, 0.2) is 36.4 Å². The molecule has 6 heteroatoms. The number of aromatic nitrogens is 1. The van der Waals surface area contributed by atoms with Gasteiger partial charge in [0.05, 0.1) is 14.2 Å². The summed E-state index contributed by atoms with van der Waals surface area (Å²) in [6, 6.07) is 11.5. The molecule has 1 saturated carbocycles. The lowest BCUT2D eigenvalue weighted by Gasteiger charge is -2.40. The number of H-pyrrole nitrogens is 1.